The van der Waals surface area contributed by atoms with E-state index < -0.39 is 9.84 Å². The van der Waals surface area contributed by atoms with E-state index in [1.165, 1.54) is 21.8 Å². The van der Waals surface area contributed by atoms with Crippen molar-refractivity contribution in [2.45, 2.75) is 33.0 Å². The summed E-state index contributed by atoms with van der Waals surface area (Å²) in [7, 11) is -2.88. The highest BCUT2D eigenvalue weighted by Crippen LogP contribution is 2.20. The van der Waals surface area contributed by atoms with Crippen molar-refractivity contribution in [3.05, 3.63) is 33.8 Å². The molecule has 0 amide bonds. The molecule has 1 unspecified atom stereocenters. The van der Waals surface area contributed by atoms with Crippen molar-refractivity contribution >= 4 is 44.2 Å². The Morgan fingerprint density at radius 3 is 2.72 bits per heavy atom. The summed E-state index contributed by atoms with van der Waals surface area (Å²) in [5.74, 6) is 0.561. The van der Waals surface area contributed by atoms with Gasteiger partial charge in [-0.2, -0.15) is 4.68 Å². The summed E-state index contributed by atoms with van der Waals surface area (Å²) in [6.45, 7) is 5.57. The first-order valence-electron chi connectivity index (χ1n) is 8.33. The maximum atomic E-state index is 11.7. The second kappa shape index (κ2) is 7.53. The van der Waals surface area contributed by atoms with Gasteiger partial charge in [0.15, 0.2) is 20.5 Å². The molecule has 136 valence electrons. The van der Waals surface area contributed by atoms with E-state index in [1.807, 2.05) is 31.2 Å². The average molecular weight is 400 g/mol. The number of quaternary nitrogens is 1. The highest BCUT2D eigenvalue weighted by molar-refractivity contribution is 7.91. The van der Waals surface area contributed by atoms with Crippen LogP contribution < -0.4 is 10.2 Å². The Labute approximate surface area is 157 Å². The van der Waals surface area contributed by atoms with E-state index in [0.717, 1.165) is 23.8 Å². The van der Waals surface area contributed by atoms with Gasteiger partial charge in [-0.05, 0) is 38.2 Å². The molecule has 2 N–H and O–H groups in total. The summed E-state index contributed by atoms with van der Waals surface area (Å²) in [5.41, 5.74) is 2.18. The van der Waals surface area contributed by atoms with E-state index in [1.54, 1.807) is 4.68 Å². The summed E-state index contributed by atoms with van der Waals surface area (Å²) in [6, 6.07) is 8.24. The van der Waals surface area contributed by atoms with Gasteiger partial charge in [0.2, 0.25) is 5.13 Å². The number of nitrogens with one attached hydrogen (secondary N) is 2. The highest BCUT2D eigenvalue weighted by Gasteiger charge is 2.35. The van der Waals surface area contributed by atoms with E-state index in [9.17, 15) is 8.42 Å². The summed E-state index contributed by atoms with van der Waals surface area (Å²) in [6.07, 6.45) is 0.720. The predicted molar refractivity (Wildman–Crippen MR) is 104 cm³/mol. The number of rotatable bonds is 6. The van der Waals surface area contributed by atoms with Crippen LogP contribution in [0, 0.1) is 10.9 Å². The Morgan fingerprint density at radius 2 is 2.12 bits per heavy atom. The molecular weight excluding hydrogens is 376 g/mol. The number of nitrogens with zero attached hydrogens (tertiary/aromatic N) is 2. The lowest BCUT2D eigenvalue weighted by Gasteiger charge is -2.22. The van der Waals surface area contributed by atoms with Crippen LogP contribution in [0.3, 0.4) is 0 Å². The van der Waals surface area contributed by atoms with Crippen LogP contribution in [-0.2, 0) is 16.5 Å². The predicted octanol–water partition coefficient (Wildman–Crippen LogP) is 1.78. The Bertz CT molecular complexity index is 887. The molecule has 0 spiro atoms. The van der Waals surface area contributed by atoms with Crippen molar-refractivity contribution in [2.24, 2.45) is 0 Å². The smallest absolute Gasteiger partial charge is 0.209 e. The van der Waals surface area contributed by atoms with Crippen LogP contribution in [0.15, 0.2) is 24.3 Å². The molecule has 1 aliphatic heterocycles. The van der Waals surface area contributed by atoms with Gasteiger partial charge < -0.3 is 10.2 Å². The molecule has 2 aromatic rings. The molecule has 0 radical (unpaired) electrons. The van der Waals surface area contributed by atoms with Crippen LogP contribution in [0.5, 0.6) is 0 Å². The lowest BCUT2D eigenvalue weighted by Crippen LogP contribution is -3.15. The number of hydrogen-bond donors (Lipinski definition) is 2. The first-order valence-corrected chi connectivity index (χ1v) is 11.4. The second-order valence-electron chi connectivity index (χ2n) is 6.43. The Kier molecular flexibility index (Phi) is 5.57. The fraction of sp³-hybridized carbons (Fsp3) is 0.500. The zero-order valence-electron chi connectivity index (χ0n) is 14.4. The van der Waals surface area contributed by atoms with Crippen molar-refractivity contribution in [3.8, 4) is 0 Å². The van der Waals surface area contributed by atoms with Gasteiger partial charge in [-0.25, -0.2) is 8.42 Å². The summed E-state index contributed by atoms with van der Waals surface area (Å²) in [4.78, 5) is 1.21. The maximum absolute atomic E-state index is 11.7. The van der Waals surface area contributed by atoms with Crippen LogP contribution in [0.2, 0.25) is 0 Å². The fourth-order valence-corrected chi connectivity index (χ4v) is 5.91. The molecular formula is C16H23N4O2S3+. The number of sulfone groups is 1. The standard InChI is InChI=1S/C16H22N4O2S3/c1-3-19(14-8-9-25(21,22)10-14)11-20-16(23)24-15(18-20)17-13-6-4-12(2)5-7-13/h4-7,14H,3,8-11H2,1-2H3,(H,17,18)/p+1/t14-/m0/s1. The Balaban J connectivity index is 1.71. The van der Waals surface area contributed by atoms with Gasteiger partial charge in [0.05, 0.1) is 12.3 Å². The van der Waals surface area contributed by atoms with Gasteiger partial charge in [-0.3, -0.25) is 0 Å². The normalized spacial score (nSPS) is 20.5. The first kappa shape index (κ1) is 18.5. The van der Waals surface area contributed by atoms with Crippen LogP contribution in [0.25, 0.3) is 0 Å². The molecule has 1 aliphatic rings. The molecule has 1 aromatic heterocycles. The molecule has 1 fully saturated rings. The molecule has 2 heterocycles. The largest absolute Gasteiger partial charge is 0.330 e. The molecule has 0 bridgehead atoms. The van der Waals surface area contributed by atoms with Gasteiger partial charge >= 0.3 is 0 Å². The molecule has 0 aliphatic carbocycles. The fourth-order valence-electron chi connectivity index (χ4n) is 3.06. The van der Waals surface area contributed by atoms with Crippen LogP contribution >= 0.6 is 23.6 Å². The minimum atomic E-state index is -2.88. The van der Waals surface area contributed by atoms with E-state index in [0.29, 0.717) is 16.4 Å². The van der Waals surface area contributed by atoms with E-state index in [-0.39, 0.29) is 11.8 Å². The molecule has 6 nitrogen and oxygen atoms in total. The molecule has 25 heavy (non-hydrogen) atoms. The minimum absolute atomic E-state index is 0.132. The number of hydrogen-bond acceptors (Lipinski definition) is 6. The molecule has 1 aromatic carbocycles. The van der Waals surface area contributed by atoms with Crippen LogP contribution in [-0.4, -0.2) is 42.3 Å². The molecule has 0 saturated carbocycles. The van der Waals surface area contributed by atoms with Gasteiger partial charge in [0.25, 0.3) is 0 Å². The van der Waals surface area contributed by atoms with Gasteiger partial charge in [0.1, 0.15) is 11.8 Å². The Morgan fingerprint density at radius 1 is 1.40 bits per heavy atom. The van der Waals surface area contributed by atoms with Gasteiger partial charge in [-0.15, -0.1) is 5.10 Å². The van der Waals surface area contributed by atoms with Crippen LogP contribution in [0.1, 0.15) is 18.9 Å². The SMILES string of the molecule is CC[NH+](Cn1nc(Nc2ccc(C)cc2)sc1=S)[C@H]1CCS(=O)(=O)C1. The lowest BCUT2D eigenvalue weighted by atomic mass is 10.2. The quantitative estimate of drug-likeness (QED) is 0.725. The third-order valence-electron chi connectivity index (χ3n) is 4.53. The number of anilines is 2. The van der Waals surface area contributed by atoms with Crippen molar-refractivity contribution in [2.75, 3.05) is 23.4 Å². The van der Waals surface area contributed by atoms with Crippen LogP contribution in [0.4, 0.5) is 10.8 Å². The molecule has 3 rings (SSSR count). The summed E-state index contributed by atoms with van der Waals surface area (Å²) in [5, 5.41) is 8.61. The average Bonchev–Trinajstić information content (AvgIpc) is 3.09. The highest BCUT2D eigenvalue weighted by atomic mass is 32.2. The van der Waals surface area contributed by atoms with Gasteiger partial charge in [0, 0.05) is 12.1 Å². The maximum Gasteiger partial charge on any atom is 0.209 e. The zero-order chi connectivity index (χ0) is 18.0. The molecule has 1 saturated heterocycles. The van der Waals surface area contributed by atoms with Crippen molar-refractivity contribution in [3.63, 3.8) is 0 Å². The second-order valence-corrected chi connectivity index (χ2v) is 10.3. The number of aromatic nitrogens is 2. The summed E-state index contributed by atoms with van der Waals surface area (Å²) < 4.78 is 26.0. The van der Waals surface area contributed by atoms with Crippen molar-refractivity contribution in [1.82, 2.24) is 9.78 Å². The van der Waals surface area contributed by atoms with E-state index in [2.05, 4.69) is 17.3 Å². The third kappa shape index (κ3) is 4.66. The monoisotopic (exact) mass is 399 g/mol. The first-order chi connectivity index (χ1) is 11.9. The third-order valence-corrected chi connectivity index (χ3v) is 7.52. The van der Waals surface area contributed by atoms with E-state index in [4.69, 9.17) is 12.2 Å². The Hall–Kier alpha value is -1.29. The van der Waals surface area contributed by atoms with Crippen molar-refractivity contribution in [1.29, 1.82) is 0 Å². The minimum Gasteiger partial charge on any atom is -0.330 e. The van der Waals surface area contributed by atoms with Gasteiger partial charge in [-0.1, -0.05) is 29.0 Å². The summed E-state index contributed by atoms with van der Waals surface area (Å²) >= 11 is 6.88. The van der Waals surface area contributed by atoms with E-state index >= 15 is 0 Å². The number of benzene rings is 1. The van der Waals surface area contributed by atoms with Crippen molar-refractivity contribution < 1.29 is 13.3 Å². The molecule has 9 heteroatoms. The topological polar surface area (TPSA) is 68.4 Å². The molecule has 2 atom stereocenters. The lowest BCUT2D eigenvalue weighted by molar-refractivity contribution is -0.943. The number of aryl methyl sites for hydroxylation is 1. The zero-order valence-corrected chi connectivity index (χ0v) is 16.8.